The van der Waals surface area contributed by atoms with Gasteiger partial charge in [0.05, 0.1) is 17.6 Å². The average Bonchev–Trinajstić information content (AvgIpc) is 2.87. The number of imidazole rings is 1. The van der Waals surface area contributed by atoms with Crippen LogP contribution >= 0.6 is 0 Å². The van der Waals surface area contributed by atoms with E-state index in [1.807, 2.05) is 25.1 Å². The summed E-state index contributed by atoms with van der Waals surface area (Å²) >= 11 is 0. The summed E-state index contributed by atoms with van der Waals surface area (Å²) in [5, 5.41) is 2.95. The van der Waals surface area contributed by atoms with Gasteiger partial charge < -0.3 is 14.6 Å². The maximum atomic E-state index is 11.5. The molecule has 5 heteroatoms. The fraction of sp³-hybridized carbons (Fsp3) is 0.529. The number of aromatic nitrogens is 2. The molecule has 2 aromatic rings. The zero-order valence-electron chi connectivity index (χ0n) is 13.5. The summed E-state index contributed by atoms with van der Waals surface area (Å²) in [6.07, 6.45) is 3.24. The van der Waals surface area contributed by atoms with E-state index in [0.717, 1.165) is 42.7 Å². The molecule has 0 unspecified atom stereocenters. The minimum atomic E-state index is 0.135. The number of rotatable bonds is 9. The highest BCUT2D eigenvalue weighted by Gasteiger charge is 2.10. The summed E-state index contributed by atoms with van der Waals surface area (Å²) in [4.78, 5) is 16.2. The number of nitrogens with zero attached hydrogens (tertiary/aromatic N) is 2. The maximum Gasteiger partial charge on any atom is 0.219 e. The van der Waals surface area contributed by atoms with Gasteiger partial charge >= 0.3 is 0 Å². The third kappa shape index (κ3) is 4.31. The molecule has 0 aliphatic rings. The average molecular weight is 303 g/mol. The fourth-order valence-corrected chi connectivity index (χ4v) is 2.54. The number of nitrogens with one attached hydrogen (secondary N) is 1. The molecule has 0 bridgehead atoms. The van der Waals surface area contributed by atoms with Gasteiger partial charge in [-0.25, -0.2) is 4.98 Å². The van der Waals surface area contributed by atoms with Crippen molar-refractivity contribution in [3.63, 3.8) is 0 Å². The van der Waals surface area contributed by atoms with Crippen LogP contribution in [0.5, 0.6) is 0 Å². The number of aryl methyl sites for hydroxylation is 1. The van der Waals surface area contributed by atoms with Crippen molar-refractivity contribution in [2.24, 2.45) is 0 Å². The Kier molecular flexibility index (Phi) is 6.40. The summed E-state index contributed by atoms with van der Waals surface area (Å²) in [5.74, 6) is 1.19. The number of hydrogen-bond acceptors (Lipinski definition) is 3. The largest absolute Gasteiger partial charge is 0.383 e. The normalized spacial score (nSPS) is 11.0. The van der Waals surface area contributed by atoms with Crippen LogP contribution in [0.3, 0.4) is 0 Å². The Bertz CT molecular complexity index is 607. The second kappa shape index (κ2) is 8.54. The first-order valence-electron chi connectivity index (χ1n) is 7.96. The zero-order chi connectivity index (χ0) is 15.8. The van der Waals surface area contributed by atoms with E-state index < -0.39 is 0 Å². The van der Waals surface area contributed by atoms with E-state index in [1.54, 1.807) is 7.11 Å². The number of amides is 1. The first kappa shape index (κ1) is 16.5. The Morgan fingerprint density at radius 3 is 2.95 bits per heavy atom. The minimum absolute atomic E-state index is 0.135. The molecule has 1 aromatic carbocycles. The Hall–Kier alpha value is -1.88. The standard InChI is InChI=1S/C17H25N3O2/c1-3-7-17(21)18-11-6-10-16-19-14-8-4-5-9-15(14)20(16)12-13-22-2/h4-5,8-9H,3,6-7,10-13H2,1-2H3,(H,18,21). The number of methoxy groups -OCH3 is 1. The van der Waals surface area contributed by atoms with Crippen LogP contribution in [0.4, 0.5) is 0 Å². The first-order valence-corrected chi connectivity index (χ1v) is 7.96. The lowest BCUT2D eigenvalue weighted by Crippen LogP contribution is -2.24. The van der Waals surface area contributed by atoms with Crippen molar-refractivity contribution >= 4 is 16.9 Å². The van der Waals surface area contributed by atoms with Crippen molar-refractivity contribution in [3.05, 3.63) is 30.1 Å². The SMILES string of the molecule is CCCC(=O)NCCCc1nc2ccccc2n1CCOC. The molecule has 22 heavy (non-hydrogen) atoms. The summed E-state index contributed by atoms with van der Waals surface area (Å²) < 4.78 is 7.41. The fourth-order valence-electron chi connectivity index (χ4n) is 2.54. The van der Waals surface area contributed by atoms with Gasteiger partial charge in [0.2, 0.25) is 5.91 Å². The Labute approximate surface area is 131 Å². The van der Waals surface area contributed by atoms with Crippen molar-refractivity contribution in [2.45, 2.75) is 39.2 Å². The smallest absolute Gasteiger partial charge is 0.219 e. The molecule has 0 spiro atoms. The van der Waals surface area contributed by atoms with E-state index in [2.05, 4.69) is 16.0 Å². The molecule has 0 saturated heterocycles. The van der Waals surface area contributed by atoms with Crippen molar-refractivity contribution in [1.82, 2.24) is 14.9 Å². The van der Waals surface area contributed by atoms with Gasteiger partial charge in [0.25, 0.3) is 0 Å². The highest BCUT2D eigenvalue weighted by molar-refractivity contribution is 5.76. The third-order valence-corrected chi connectivity index (χ3v) is 3.63. The van der Waals surface area contributed by atoms with E-state index in [9.17, 15) is 4.79 Å². The van der Waals surface area contributed by atoms with Crippen LogP contribution in [0.1, 0.15) is 32.0 Å². The molecule has 0 fully saturated rings. The Morgan fingerprint density at radius 1 is 1.36 bits per heavy atom. The predicted molar refractivity (Wildman–Crippen MR) is 87.8 cm³/mol. The first-order chi connectivity index (χ1) is 10.8. The van der Waals surface area contributed by atoms with Crippen LogP contribution in [-0.2, 0) is 22.5 Å². The minimum Gasteiger partial charge on any atom is -0.383 e. The van der Waals surface area contributed by atoms with Gasteiger partial charge in [-0.1, -0.05) is 19.1 Å². The van der Waals surface area contributed by atoms with Crippen LogP contribution in [0.25, 0.3) is 11.0 Å². The van der Waals surface area contributed by atoms with E-state index >= 15 is 0 Å². The van der Waals surface area contributed by atoms with Crippen molar-refractivity contribution < 1.29 is 9.53 Å². The van der Waals surface area contributed by atoms with Crippen molar-refractivity contribution in [3.8, 4) is 0 Å². The van der Waals surface area contributed by atoms with E-state index in [-0.39, 0.29) is 5.91 Å². The van der Waals surface area contributed by atoms with Crippen LogP contribution in [0.2, 0.25) is 0 Å². The van der Waals surface area contributed by atoms with Crippen LogP contribution in [-0.4, -0.2) is 35.7 Å². The van der Waals surface area contributed by atoms with Gasteiger partial charge in [-0.3, -0.25) is 4.79 Å². The summed E-state index contributed by atoms with van der Waals surface area (Å²) in [6.45, 7) is 4.18. The predicted octanol–water partition coefficient (Wildman–Crippen LogP) is 2.53. The molecule has 0 atom stereocenters. The van der Waals surface area contributed by atoms with Crippen molar-refractivity contribution in [2.75, 3.05) is 20.3 Å². The number of carbonyl (C=O) groups is 1. The van der Waals surface area contributed by atoms with E-state index in [4.69, 9.17) is 9.72 Å². The molecule has 0 saturated carbocycles. The molecule has 1 amide bonds. The molecule has 2 rings (SSSR count). The summed E-state index contributed by atoms with van der Waals surface area (Å²) in [5.41, 5.74) is 2.16. The van der Waals surface area contributed by atoms with Crippen molar-refractivity contribution in [1.29, 1.82) is 0 Å². The number of ether oxygens (including phenoxy) is 1. The molecule has 1 N–H and O–H groups in total. The lowest BCUT2D eigenvalue weighted by molar-refractivity contribution is -0.121. The van der Waals surface area contributed by atoms with Gasteiger partial charge in [0, 0.05) is 33.0 Å². The monoisotopic (exact) mass is 303 g/mol. The third-order valence-electron chi connectivity index (χ3n) is 3.63. The molecule has 0 radical (unpaired) electrons. The van der Waals surface area contributed by atoms with Gasteiger partial charge in [-0.05, 0) is 25.0 Å². The summed E-state index contributed by atoms with van der Waals surface area (Å²) in [7, 11) is 1.71. The molecule has 1 heterocycles. The van der Waals surface area contributed by atoms with Gasteiger partial charge in [0.15, 0.2) is 0 Å². The van der Waals surface area contributed by atoms with Gasteiger partial charge in [0.1, 0.15) is 5.82 Å². The molecular weight excluding hydrogens is 278 g/mol. The Morgan fingerprint density at radius 2 is 2.18 bits per heavy atom. The lowest BCUT2D eigenvalue weighted by Gasteiger charge is -2.09. The van der Waals surface area contributed by atoms with Crippen LogP contribution < -0.4 is 5.32 Å². The molecular formula is C17H25N3O2. The highest BCUT2D eigenvalue weighted by Crippen LogP contribution is 2.17. The van der Waals surface area contributed by atoms with Crippen LogP contribution in [0, 0.1) is 0 Å². The maximum absolute atomic E-state index is 11.5. The van der Waals surface area contributed by atoms with Gasteiger partial charge in [-0.15, -0.1) is 0 Å². The highest BCUT2D eigenvalue weighted by atomic mass is 16.5. The molecule has 0 aliphatic heterocycles. The molecule has 1 aromatic heterocycles. The number of carbonyl (C=O) groups excluding carboxylic acids is 1. The second-order valence-electron chi connectivity index (χ2n) is 5.36. The Balaban J connectivity index is 1.98. The number of para-hydroxylation sites is 2. The van der Waals surface area contributed by atoms with E-state index in [1.165, 1.54) is 0 Å². The molecule has 120 valence electrons. The molecule has 0 aliphatic carbocycles. The quantitative estimate of drug-likeness (QED) is 0.724. The van der Waals surface area contributed by atoms with Crippen LogP contribution in [0.15, 0.2) is 24.3 Å². The van der Waals surface area contributed by atoms with E-state index in [0.29, 0.717) is 19.6 Å². The topological polar surface area (TPSA) is 56.2 Å². The zero-order valence-corrected chi connectivity index (χ0v) is 13.5. The summed E-state index contributed by atoms with van der Waals surface area (Å²) in [6, 6.07) is 8.16. The van der Waals surface area contributed by atoms with Gasteiger partial charge in [-0.2, -0.15) is 0 Å². The molecule has 5 nitrogen and oxygen atoms in total. The number of hydrogen-bond donors (Lipinski definition) is 1. The second-order valence-corrected chi connectivity index (χ2v) is 5.36. The number of fused-ring (bicyclic) bond motifs is 1. The number of benzene rings is 1. The lowest BCUT2D eigenvalue weighted by atomic mass is 10.2.